The van der Waals surface area contributed by atoms with Crippen molar-refractivity contribution in [3.63, 3.8) is 0 Å². The molecule has 19 heavy (non-hydrogen) atoms. The lowest BCUT2D eigenvalue weighted by Gasteiger charge is -2.13. The van der Waals surface area contributed by atoms with Gasteiger partial charge in [0.15, 0.2) is 0 Å². The van der Waals surface area contributed by atoms with Gasteiger partial charge in [0.25, 0.3) is 0 Å². The van der Waals surface area contributed by atoms with Crippen LogP contribution in [-0.4, -0.2) is 15.5 Å². The van der Waals surface area contributed by atoms with Gasteiger partial charge >= 0.3 is 6.09 Å². The lowest BCUT2D eigenvalue weighted by atomic mass is 10.2. The molecule has 0 saturated heterocycles. The highest BCUT2D eigenvalue weighted by Crippen LogP contribution is 2.24. The molecule has 0 bridgehead atoms. The van der Waals surface area contributed by atoms with Crippen LogP contribution in [0.4, 0.5) is 10.5 Å². The fourth-order valence-corrected chi connectivity index (χ4v) is 2.29. The Labute approximate surface area is 115 Å². The van der Waals surface area contributed by atoms with Gasteiger partial charge in [-0.1, -0.05) is 6.07 Å². The number of nitrogens with one attached hydrogen (secondary N) is 1. The van der Waals surface area contributed by atoms with Crippen LogP contribution in [-0.2, 0) is 4.74 Å². The van der Waals surface area contributed by atoms with E-state index >= 15 is 0 Å². The quantitative estimate of drug-likeness (QED) is 0.933. The maximum Gasteiger partial charge on any atom is 0.412 e. The van der Waals surface area contributed by atoms with Gasteiger partial charge in [0.2, 0.25) is 0 Å². The van der Waals surface area contributed by atoms with Gasteiger partial charge in [-0.05, 0) is 44.4 Å². The molecule has 0 aliphatic carbocycles. The molecule has 0 spiro atoms. The first-order chi connectivity index (χ1) is 9.08. The van der Waals surface area contributed by atoms with Crippen LogP contribution < -0.4 is 5.32 Å². The molecule has 0 unspecified atom stereocenters. The molecule has 2 aromatic heterocycles. The molecular weight excluding hydrogens is 262 g/mol. The Morgan fingerprint density at radius 2 is 2.21 bits per heavy atom. The van der Waals surface area contributed by atoms with Crippen molar-refractivity contribution in [3.05, 3.63) is 40.7 Å². The van der Waals surface area contributed by atoms with E-state index in [9.17, 15) is 4.79 Å². The van der Waals surface area contributed by atoms with Crippen LogP contribution in [0.3, 0.4) is 0 Å². The zero-order chi connectivity index (χ0) is 13.8. The van der Waals surface area contributed by atoms with E-state index in [1.54, 1.807) is 13.1 Å². The minimum Gasteiger partial charge on any atom is -0.440 e. The van der Waals surface area contributed by atoms with E-state index in [1.807, 2.05) is 32.0 Å². The Bertz CT molecular complexity index is 549. The van der Waals surface area contributed by atoms with Gasteiger partial charge in [-0.3, -0.25) is 10.3 Å². The van der Waals surface area contributed by atoms with E-state index in [0.717, 1.165) is 22.0 Å². The summed E-state index contributed by atoms with van der Waals surface area (Å²) < 4.78 is 9.45. The SMILES string of the molecule is Cc1nsc(C)c1NC(=O)O[C@H](C)c1ccccn1. The predicted octanol–water partition coefficient (Wildman–Crippen LogP) is 3.46. The zero-order valence-electron chi connectivity index (χ0n) is 11.0. The highest BCUT2D eigenvalue weighted by molar-refractivity contribution is 7.06. The number of carbonyl (C=O) groups is 1. The molecule has 1 atom stereocenters. The van der Waals surface area contributed by atoms with Crippen molar-refractivity contribution in [2.24, 2.45) is 0 Å². The highest BCUT2D eigenvalue weighted by Gasteiger charge is 2.15. The fraction of sp³-hybridized carbons (Fsp3) is 0.308. The van der Waals surface area contributed by atoms with E-state index in [4.69, 9.17) is 4.74 Å². The third-order valence-electron chi connectivity index (χ3n) is 2.65. The van der Waals surface area contributed by atoms with Gasteiger partial charge in [0.05, 0.1) is 17.1 Å². The number of pyridine rings is 1. The molecule has 5 nitrogen and oxygen atoms in total. The highest BCUT2D eigenvalue weighted by atomic mass is 32.1. The molecule has 0 aliphatic rings. The van der Waals surface area contributed by atoms with Gasteiger partial charge in [0, 0.05) is 11.1 Å². The standard InChI is InChI=1S/C13H15N3O2S/c1-8-12(10(3)19-16-8)15-13(17)18-9(2)11-6-4-5-7-14-11/h4-7,9H,1-3H3,(H,15,17)/t9-/m1/s1. The number of ether oxygens (including phenoxy) is 1. The molecule has 2 rings (SSSR count). The van der Waals surface area contributed by atoms with Crippen molar-refractivity contribution in [2.75, 3.05) is 5.32 Å². The van der Waals surface area contributed by atoms with E-state index < -0.39 is 12.2 Å². The minimum atomic E-state index is -0.496. The van der Waals surface area contributed by atoms with Crippen molar-refractivity contribution in [1.29, 1.82) is 0 Å². The molecule has 0 aliphatic heterocycles. The molecule has 0 aromatic carbocycles. The normalized spacial score (nSPS) is 11.9. The van der Waals surface area contributed by atoms with Crippen molar-refractivity contribution in [3.8, 4) is 0 Å². The van der Waals surface area contributed by atoms with E-state index in [-0.39, 0.29) is 0 Å². The fourth-order valence-electron chi connectivity index (χ4n) is 1.63. The number of nitrogens with zero attached hydrogens (tertiary/aromatic N) is 2. The van der Waals surface area contributed by atoms with Gasteiger partial charge in [-0.15, -0.1) is 0 Å². The summed E-state index contributed by atoms with van der Waals surface area (Å²) in [5.74, 6) is 0. The van der Waals surface area contributed by atoms with Gasteiger partial charge < -0.3 is 4.74 Å². The summed E-state index contributed by atoms with van der Waals surface area (Å²) in [4.78, 5) is 16.9. The molecule has 2 aromatic rings. The van der Waals surface area contributed by atoms with Gasteiger partial charge in [-0.2, -0.15) is 4.37 Å². The third-order valence-corrected chi connectivity index (χ3v) is 3.49. The average molecular weight is 277 g/mol. The average Bonchev–Trinajstić information content (AvgIpc) is 2.71. The third kappa shape index (κ3) is 3.29. The molecule has 6 heteroatoms. The van der Waals surface area contributed by atoms with Gasteiger partial charge in [-0.25, -0.2) is 4.79 Å². The summed E-state index contributed by atoms with van der Waals surface area (Å²) in [6.07, 6.45) is 0.780. The second-order valence-corrected chi connectivity index (χ2v) is 5.10. The van der Waals surface area contributed by atoms with Crippen molar-refractivity contribution in [1.82, 2.24) is 9.36 Å². The number of hydrogen-bond acceptors (Lipinski definition) is 5. The topological polar surface area (TPSA) is 64.1 Å². The first-order valence-corrected chi connectivity index (χ1v) is 6.66. The molecule has 0 radical (unpaired) electrons. The number of amides is 1. The maximum atomic E-state index is 11.8. The Morgan fingerprint density at radius 3 is 2.79 bits per heavy atom. The van der Waals surface area contributed by atoms with Crippen molar-refractivity contribution < 1.29 is 9.53 Å². The van der Waals surface area contributed by atoms with Crippen molar-refractivity contribution in [2.45, 2.75) is 26.9 Å². The van der Waals surface area contributed by atoms with E-state index in [0.29, 0.717) is 0 Å². The number of hydrogen-bond donors (Lipinski definition) is 1. The smallest absolute Gasteiger partial charge is 0.412 e. The maximum absolute atomic E-state index is 11.8. The number of carbonyl (C=O) groups excluding carboxylic acids is 1. The molecule has 100 valence electrons. The molecule has 0 saturated carbocycles. The Morgan fingerprint density at radius 1 is 1.42 bits per heavy atom. The Hall–Kier alpha value is -1.95. The predicted molar refractivity (Wildman–Crippen MR) is 74.3 cm³/mol. The second kappa shape index (κ2) is 5.79. The number of anilines is 1. The lowest BCUT2D eigenvalue weighted by molar-refractivity contribution is 0.119. The van der Waals surface area contributed by atoms with Crippen LogP contribution in [0.5, 0.6) is 0 Å². The van der Waals surface area contributed by atoms with Crippen molar-refractivity contribution >= 4 is 23.3 Å². The summed E-state index contributed by atoms with van der Waals surface area (Å²) in [5, 5.41) is 2.72. The first-order valence-electron chi connectivity index (χ1n) is 5.89. The van der Waals surface area contributed by atoms with Crippen LogP contribution in [0.2, 0.25) is 0 Å². The van der Waals surface area contributed by atoms with Crippen LogP contribution >= 0.6 is 11.5 Å². The number of rotatable bonds is 3. The summed E-state index contributed by atoms with van der Waals surface area (Å²) >= 11 is 1.36. The minimum absolute atomic E-state index is 0.395. The largest absolute Gasteiger partial charge is 0.440 e. The molecule has 1 N–H and O–H groups in total. The molecular formula is C13H15N3O2S. The number of aromatic nitrogens is 2. The van der Waals surface area contributed by atoms with E-state index in [2.05, 4.69) is 14.7 Å². The zero-order valence-corrected chi connectivity index (χ0v) is 11.8. The van der Waals surface area contributed by atoms with Crippen LogP contribution in [0, 0.1) is 13.8 Å². The Kier molecular flexibility index (Phi) is 4.11. The summed E-state index contributed by atoms with van der Waals surface area (Å²) in [6, 6.07) is 5.50. The Balaban J connectivity index is 1.99. The first kappa shape index (κ1) is 13.5. The summed E-state index contributed by atoms with van der Waals surface area (Å²) in [5.41, 5.74) is 2.24. The molecule has 2 heterocycles. The van der Waals surface area contributed by atoms with Gasteiger partial charge in [0.1, 0.15) is 6.10 Å². The van der Waals surface area contributed by atoms with Crippen LogP contribution in [0.25, 0.3) is 0 Å². The van der Waals surface area contributed by atoms with Crippen LogP contribution in [0.15, 0.2) is 24.4 Å². The van der Waals surface area contributed by atoms with E-state index in [1.165, 1.54) is 11.5 Å². The summed E-state index contributed by atoms with van der Waals surface area (Å²) in [6.45, 7) is 5.54. The second-order valence-electron chi connectivity index (χ2n) is 4.13. The number of aryl methyl sites for hydroxylation is 2. The van der Waals surface area contributed by atoms with Crippen LogP contribution in [0.1, 0.15) is 29.3 Å². The molecule has 1 amide bonds. The summed E-state index contributed by atoms with van der Waals surface area (Å²) in [7, 11) is 0. The lowest BCUT2D eigenvalue weighted by Crippen LogP contribution is -2.17. The molecule has 0 fully saturated rings. The monoisotopic (exact) mass is 277 g/mol.